The van der Waals surface area contributed by atoms with Gasteiger partial charge in [-0.05, 0) is 30.4 Å². The molecule has 1 aromatic carbocycles. The minimum Gasteiger partial charge on any atom is -0.508 e. The molecule has 152 valence electrons. The Morgan fingerprint density at radius 3 is 2.38 bits per heavy atom. The van der Waals surface area contributed by atoms with Gasteiger partial charge in [0, 0.05) is 23.6 Å². The molecular formula is C19H19N3O7. The predicted octanol–water partition coefficient (Wildman–Crippen LogP) is -0.412. The number of phenols is 1. The zero-order valence-electron chi connectivity index (χ0n) is 15.1. The number of carbonyl (C=O) groups is 3. The van der Waals surface area contributed by atoms with Crippen LogP contribution in [0.4, 0.5) is 11.4 Å². The van der Waals surface area contributed by atoms with Crippen LogP contribution in [0.2, 0.25) is 0 Å². The second-order valence-corrected chi connectivity index (χ2v) is 7.66. The number of rotatable bonds is 1. The molecule has 3 atom stereocenters. The number of aliphatic hydroxyl groups is 3. The molecule has 1 saturated carbocycles. The highest BCUT2D eigenvalue weighted by Gasteiger charge is 2.60. The van der Waals surface area contributed by atoms with Gasteiger partial charge in [-0.15, -0.1) is 0 Å². The number of nitrogens with two attached hydrogens (primary N) is 3. The minimum atomic E-state index is -2.59. The summed E-state index contributed by atoms with van der Waals surface area (Å²) < 4.78 is 0. The molecule has 29 heavy (non-hydrogen) atoms. The van der Waals surface area contributed by atoms with Gasteiger partial charge in [0.25, 0.3) is 5.91 Å². The van der Waals surface area contributed by atoms with Gasteiger partial charge in [0.05, 0.1) is 11.3 Å². The molecule has 3 aliphatic carbocycles. The molecule has 1 aromatic rings. The number of anilines is 2. The van der Waals surface area contributed by atoms with Gasteiger partial charge in [-0.1, -0.05) is 0 Å². The molecule has 0 spiro atoms. The highest BCUT2D eigenvalue weighted by atomic mass is 16.3. The van der Waals surface area contributed by atoms with Crippen LogP contribution in [0.1, 0.15) is 24.0 Å². The largest absolute Gasteiger partial charge is 0.508 e. The van der Waals surface area contributed by atoms with Crippen molar-refractivity contribution in [2.75, 3.05) is 11.5 Å². The van der Waals surface area contributed by atoms with E-state index in [2.05, 4.69) is 0 Å². The number of carbonyl (C=O) groups excluding carboxylic acids is 3. The Kier molecular flexibility index (Phi) is 3.72. The van der Waals surface area contributed by atoms with Crippen molar-refractivity contribution in [3.8, 4) is 5.75 Å². The van der Waals surface area contributed by atoms with Crippen LogP contribution in [0, 0.1) is 11.8 Å². The van der Waals surface area contributed by atoms with Gasteiger partial charge in [-0.3, -0.25) is 14.4 Å². The van der Waals surface area contributed by atoms with E-state index in [1.54, 1.807) is 0 Å². The van der Waals surface area contributed by atoms with Gasteiger partial charge < -0.3 is 37.6 Å². The highest BCUT2D eigenvalue weighted by molar-refractivity contribution is 6.22. The standard InChI is InChI=1S/C19H19N3O7/c20-8-4-9(21)14(24)12-7(8)2-5-1-6-3-10(23)13(18(22)28)17(27)19(6,29)16(26)11(5)15(12)25/h4-6,24-25,27,29H,1-3,20-21H2,(H2,22,28)/t5?,6?,19-/m0/s1. The number of phenolic OH excluding ortho intramolecular Hbond substituents is 1. The average Bonchev–Trinajstić information content (AvgIpc) is 2.62. The first kappa shape index (κ1) is 18.8. The van der Waals surface area contributed by atoms with Crippen LogP contribution in [-0.4, -0.2) is 43.5 Å². The molecule has 0 heterocycles. The maximum atomic E-state index is 13.2. The maximum Gasteiger partial charge on any atom is 0.255 e. The Morgan fingerprint density at radius 2 is 1.76 bits per heavy atom. The van der Waals surface area contributed by atoms with Gasteiger partial charge in [0.2, 0.25) is 5.78 Å². The fraction of sp³-hybridized carbons (Fsp3) is 0.316. The minimum absolute atomic E-state index is 0.0491. The van der Waals surface area contributed by atoms with E-state index in [4.69, 9.17) is 17.2 Å². The molecule has 1 amide bonds. The van der Waals surface area contributed by atoms with E-state index in [-0.39, 0.29) is 41.8 Å². The van der Waals surface area contributed by atoms with Crippen molar-refractivity contribution < 1.29 is 34.8 Å². The van der Waals surface area contributed by atoms with Crippen molar-refractivity contribution in [1.29, 1.82) is 0 Å². The number of ketones is 2. The van der Waals surface area contributed by atoms with Crippen LogP contribution < -0.4 is 17.2 Å². The third-order valence-corrected chi connectivity index (χ3v) is 6.13. The SMILES string of the molecule is NC(=O)C1=C(O)[C@@]2(O)C(=O)C3=C(O)c4c(O)c(N)cc(N)c4CC3CC2CC1=O. The number of aromatic hydroxyl groups is 1. The molecule has 3 aliphatic rings. The fourth-order valence-electron chi connectivity index (χ4n) is 4.74. The maximum absolute atomic E-state index is 13.2. The summed E-state index contributed by atoms with van der Waals surface area (Å²) in [6, 6.07) is 1.34. The Balaban J connectivity index is 1.96. The second kappa shape index (κ2) is 5.74. The van der Waals surface area contributed by atoms with Gasteiger partial charge >= 0.3 is 0 Å². The van der Waals surface area contributed by atoms with Gasteiger partial charge in [0.1, 0.15) is 22.8 Å². The monoisotopic (exact) mass is 401 g/mol. The van der Waals surface area contributed by atoms with Crippen molar-refractivity contribution in [2.45, 2.75) is 24.9 Å². The summed E-state index contributed by atoms with van der Waals surface area (Å²) in [5, 5.41) is 42.6. The summed E-state index contributed by atoms with van der Waals surface area (Å²) in [7, 11) is 0. The lowest BCUT2D eigenvalue weighted by Gasteiger charge is -2.46. The average molecular weight is 401 g/mol. The summed E-state index contributed by atoms with van der Waals surface area (Å²) in [6.45, 7) is 0. The molecule has 0 aliphatic heterocycles. The molecular weight excluding hydrogens is 382 g/mol. The van der Waals surface area contributed by atoms with E-state index in [9.17, 15) is 34.8 Å². The van der Waals surface area contributed by atoms with Gasteiger partial charge in [0.15, 0.2) is 11.4 Å². The van der Waals surface area contributed by atoms with E-state index >= 15 is 0 Å². The van der Waals surface area contributed by atoms with E-state index in [0.717, 1.165) is 0 Å². The molecule has 0 aromatic heterocycles. The lowest BCUT2D eigenvalue weighted by atomic mass is 9.59. The third-order valence-electron chi connectivity index (χ3n) is 6.13. The zero-order valence-corrected chi connectivity index (χ0v) is 15.1. The number of Topliss-reactive ketones (excluding diaryl/α,β-unsaturated/α-hetero) is 2. The number of primary amides is 1. The number of amides is 1. The van der Waals surface area contributed by atoms with Crippen LogP contribution in [-0.2, 0) is 20.8 Å². The highest BCUT2D eigenvalue weighted by Crippen LogP contribution is 2.53. The number of hydrogen-bond acceptors (Lipinski definition) is 9. The van der Waals surface area contributed by atoms with E-state index in [0.29, 0.717) is 5.56 Å². The van der Waals surface area contributed by atoms with Crippen molar-refractivity contribution in [1.82, 2.24) is 0 Å². The lowest BCUT2D eigenvalue weighted by Crippen LogP contribution is -2.58. The van der Waals surface area contributed by atoms with Crippen LogP contribution in [0.25, 0.3) is 5.76 Å². The third kappa shape index (κ3) is 2.23. The van der Waals surface area contributed by atoms with Gasteiger partial charge in [-0.2, -0.15) is 0 Å². The van der Waals surface area contributed by atoms with E-state index in [1.807, 2.05) is 0 Å². The summed E-state index contributed by atoms with van der Waals surface area (Å²) >= 11 is 0. The van der Waals surface area contributed by atoms with Crippen LogP contribution >= 0.6 is 0 Å². The quantitative estimate of drug-likeness (QED) is 0.141. The van der Waals surface area contributed by atoms with E-state index in [1.165, 1.54) is 6.07 Å². The summed E-state index contributed by atoms with van der Waals surface area (Å²) in [4.78, 5) is 37.0. The number of aliphatic hydroxyl groups excluding tert-OH is 2. The van der Waals surface area contributed by atoms with Gasteiger partial charge in [-0.25, -0.2) is 0 Å². The first-order valence-corrected chi connectivity index (χ1v) is 8.87. The molecule has 0 bridgehead atoms. The molecule has 0 radical (unpaired) electrons. The molecule has 0 saturated heterocycles. The number of nitrogen functional groups attached to an aromatic ring is 2. The fourth-order valence-corrected chi connectivity index (χ4v) is 4.74. The lowest BCUT2D eigenvalue weighted by molar-refractivity contribution is -0.147. The summed E-state index contributed by atoms with van der Waals surface area (Å²) in [6.07, 6.45) is -0.175. The Labute approximate surface area is 163 Å². The molecule has 1 fully saturated rings. The van der Waals surface area contributed by atoms with Crippen molar-refractivity contribution >= 4 is 34.6 Å². The van der Waals surface area contributed by atoms with Crippen molar-refractivity contribution in [3.05, 3.63) is 34.1 Å². The molecule has 2 unspecified atom stereocenters. The molecule has 10 heteroatoms. The van der Waals surface area contributed by atoms with Crippen molar-refractivity contribution in [2.24, 2.45) is 17.6 Å². The predicted molar refractivity (Wildman–Crippen MR) is 100 cm³/mol. The smallest absolute Gasteiger partial charge is 0.255 e. The number of hydrogen-bond donors (Lipinski definition) is 7. The first-order valence-electron chi connectivity index (χ1n) is 8.87. The Morgan fingerprint density at radius 1 is 1.10 bits per heavy atom. The van der Waals surface area contributed by atoms with E-state index < -0.39 is 57.8 Å². The summed E-state index contributed by atoms with van der Waals surface area (Å²) in [5.41, 5.74) is 13.5. The second-order valence-electron chi connectivity index (χ2n) is 7.66. The number of fused-ring (bicyclic) bond motifs is 3. The van der Waals surface area contributed by atoms with Crippen LogP contribution in [0.5, 0.6) is 5.75 Å². The zero-order chi connectivity index (χ0) is 21.4. The summed E-state index contributed by atoms with van der Waals surface area (Å²) in [5.74, 6) is -6.93. The number of benzene rings is 1. The molecule has 10 N–H and O–H groups in total. The van der Waals surface area contributed by atoms with Crippen LogP contribution in [0.15, 0.2) is 23.0 Å². The Hall–Kier alpha value is -3.53. The van der Waals surface area contributed by atoms with Crippen molar-refractivity contribution in [3.63, 3.8) is 0 Å². The van der Waals surface area contributed by atoms with Crippen LogP contribution in [0.3, 0.4) is 0 Å². The molecule has 4 rings (SSSR count). The normalized spacial score (nSPS) is 28.7. The first-order chi connectivity index (χ1) is 13.5. The topological polar surface area (TPSA) is 210 Å². The molecule has 10 nitrogen and oxygen atoms in total. The Bertz CT molecular complexity index is 1090.